The fraction of sp³-hybridized carbons (Fsp3) is 0.600. The zero-order chi connectivity index (χ0) is 16.9. The average Bonchev–Trinajstić information content (AvgIpc) is 2.68. The minimum Gasteiger partial charge on any atom is -0.488 e. The van der Waals surface area contributed by atoms with E-state index in [1.165, 1.54) is 16.7 Å². The summed E-state index contributed by atoms with van der Waals surface area (Å²) in [6.45, 7) is 8.13. The van der Waals surface area contributed by atoms with Crippen molar-refractivity contribution in [2.75, 3.05) is 59.2 Å². The first-order valence-corrected chi connectivity index (χ1v) is 9.45. The molecule has 0 aromatic heterocycles. The molecular formula is C20H28N2O3. The van der Waals surface area contributed by atoms with Gasteiger partial charge in [-0.3, -0.25) is 4.90 Å². The molecule has 0 aliphatic carbocycles. The van der Waals surface area contributed by atoms with Crippen molar-refractivity contribution < 1.29 is 14.2 Å². The zero-order valence-corrected chi connectivity index (χ0v) is 14.8. The molecule has 1 atom stereocenters. The van der Waals surface area contributed by atoms with E-state index in [0.717, 1.165) is 71.1 Å². The van der Waals surface area contributed by atoms with E-state index in [2.05, 4.69) is 34.5 Å². The lowest BCUT2D eigenvalue weighted by Crippen LogP contribution is -2.38. The standard InChI is InChI=1S/C20H28N2O3/c1-2-17(4-5-19-13-21-6-9-24-19)20-18(3-1)12-16(15-25-20)14-22-7-10-23-11-8-22/h1-3,12,19,21H,4-11,13-15H2. The Morgan fingerprint density at radius 3 is 2.92 bits per heavy atom. The molecule has 1 unspecified atom stereocenters. The first kappa shape index (κ1) is 17.0. The average molecular weight is 344 g/mol. The highest BCUT2D eigenvalue weighted by molar-refractivity contribution is 5.64. The molecule has 2 saturated heterocycles. The molecule has 136 valence electrons. The zero-order valence-electron chi connectivity index (χ0n) is 14.8. The molecule has 0 spiro atoms. The number of fused-ring (bicyclic) bond motifs is 1. The van der Waals surface area contributed by atoms with Gasteiger partial charge in [0.2, 0.25) is 0 Å². The molecule has 25 heavy (non-hydrogen) atoms. The van der Waals surface area contributed by atoms with E-state index in [0.29, 0.717) is 12.7 Å². The normalized spacial score (nSPS) is 24.3. The molecule has 3 heterocycles. The van der Waals surface area contributed by atoms with Crippen molar-refractivity contribution in [2.45, 2.75) is 18.9 Å². The molecule has 0 saturated carbocycles. The summed E-state index contributed by atoms with van der Waals surface area (Å²) in [5.74, 6) is 1.07. The molecule has 1 aromatic carbocycles. The summed E-state index contributed by atoms with van der Waals surface area (Å²) < 4.78 is 17.4. The number of nitrogens with one attached hydrogen (secondary N) is 1. The maximum atomic E-state index is 6.17. The summed E-state index contributed by atoms with van der Waals surface area (Å²) in [5, 5.41) is 3.40. The quantitative estimate of drug-likeness (QED) is 0.881. The van der Waals surface area contributed by atoms with Gasteiger partial charge in [-0.2, -0.15) is 0 Å². The van der Waals surface area contributed by atoms with Gasteiger partial charge >= 0.3 is 0 Å². The van der Waals surface area contributed by atoms with Crippen LogP contribution in [0.15, 0.2) is 23.8 Å². The largest absolute Gasteiger partial charge is 0.488 e. The minimum absolute atomic E-state index is 0.320. The van der Waals surface area contributed by atoms with Gasteiger partial charge in [-0.15, -0.1) is 0 Å². The van der Waals surface area contributed by atoms with Gasteiger partial charge in [0.25, 0.3) is 0 Å². The Morgan fingerprint density at radius 2 is 2.08 bits per heavy atom. The highest BCUT2D eigenvalue weighted by Crippen LogP contribution is 2.31. The third kappa shape index (κ3) is 4.42. The van der Waals surface area contributed by atoms with Gasteiger partial charge in [-0.1, -0.05) is 18.2 Å². The first-order chi connectivity index (χ1) is 12.4. The van der Waals surface area contributed by atoms with Crippen LogP contribution in [0, 0.1) is 0 Å². The van der Waals surface area contributed by atoms with E-state index in [-0.39, 0.29) is 0 Å². The van der Waals surface area contributed by atoms with E-state index < -0.39 is 0 Å². The Kier molecular flexibility index (Phi) is 5.67. The number of rotatable bonds is 5. The number of hydrogen-bond donors (Lipinski definition) is 1. The monoisotopic (exact) mass is 344 g/mol. The van der Waals surface area contributed by atoms with Gasteiger partial charge in [0.15, 0.2) is 0 Å². The summed E-state index contributed by atoms with van der Waals surface area (Å²) in [6, 6.07) is 6.50. The highest BCUT2D eigenvalue weighted by Gasteiger charge is 2.20. The summed E-state index contributed by atoms with van der Waals surface area (Å²) in [6.07, 6.45) is 4.68. The minimum atomic E-state index is 0.320. The molecule has 5 nitrogen and oxygen atoms in total. The van der Waals surface area contributed by atoms with E-state index in [4.69, 9.17) is 14.2 Å². The topological polar surface area (TPSA) is 43.0 Å². The second-order valence-corrected chi connectivity index (χ2v) is 7.05. The molecule has 3 aliphatic heterocycles. The Balaban J connectivity index is 1.40. The fourth-order valence-corrected chi connectivity index (χ4v) is 3.78. The van der Waals surface area contributed by atoms with Crippen molar-refractivity contribution in [2.24, 2.45) is 0 Å². The van der Waals surface area contributed by atoms with E-state index >= 15 is 0 Å². The molecule has 4 rings (SSSR count). The number of hydrogen-bond acceptors (Lipinski definition) is 5. The molecule has 3 aliphatic rings. The van der Waals surface area contributed by atoms with Crippen LogP contribution in [-0.4, -0.2) is 70.2 Å². The van der Waals surface area contributed by atoms with Crippen LogP contribution < -0.4 is 10.1 Å². The van der Waals surface area contributed by atoms with Gasteiger partial charge < -0.3 is 19.5 Å². The first-order valence-electron chi connectivity index (χ1n) is 9.45. The number of benzene rings is 1. The summed E-state index contributed by atoms with van der Waals surface area (Å²) in [4.78, 5) is 2.45. The maximum absolute atomic E-state index is 6.17. The number of ether oxygens (including phenoxy) is 3. The molecular weight excluding hydrogens is 316 g/mol. The van der Waals surface area contributed by atoms with E-state index in [1.54, 1.807) is 0 Å². The van der Waals surface area contributed by atoms with Crippen LogP contribution in [0.4, 0.5) is 0 Å². The third-order valence-corrected chi connectivity index (χ3v) is 5.16. The lowest BCUT2D eigenvalue weighted by Gasteiger charge is -2.29. The van der Waals surface area contributed by atoms with E-state index in [9.17, 15) is 0 Å². The molecule has 0 radical (unpaired) electrons. The van der Waals surface area contributed by atoms with Crippen LogP contribution >= 0.6 is 0 Å². The Hall–Kier alpha value is -1.40. The summed E-state index contributed by atoms with van der Waals surface area (Å²) in [7, 11) is 0. The molecule has 0 bridgehead atoms. The molecule has 0 amide bonds. The molecule has 5 heteroatoms. The number of para-hydroxylation sites is 1. The van der Waals surface area contributed by atoms with Crippen molar-refractivity contribution in [1.29, 1.82) is 0 Å². The van der Waals surface area contributed by atoms with Crippen LogP contribution in [-0.2, 0) is 15.9 Å². The predicted octanol–water partition coefficient (Wildman–Crippen LogP) is 1.72. The number of aryl methyl sites for hydroxylation is 1. The van der Waals surface area contributed by atoms with Crippen LogP contribution in [0.3, 0.4) is 0 Å². The Labute approximate surface area is 149 Å². The number of nitrogens with zero attached hydrogens (tertiary/aromatic N) is 1. The predicted molar refractivity (Wildman–Crippen MR) is 98.1 cm³/mol. The van der Waals surface area contributed by atoms with Gasteiger partial charge in [0.1, 0.15) is 12.4 Å². The lowest BCUT2D eigenvalue weighted by molar-refractivity contribution is 0.0237. The third-order valence-electron chi connectivity index (χ3n) is 5.16. The molecule has 1 N–H and O–H groups in total. The van der Waals surface area contributed by atoms with Crippen LogP contribution in [0.2, 0.25) is 0 Å². The fourth-order valence-electron chi connectivity index (χ4n) is 3.78. The van der Waals surface area contributed by atoms with Crippen LogP contribution in [0.5, 0.6) is 5.75 Å². The summed E-state index contributed by atoms with van der Waals surface area (Å²) >= 11 is 0. The van der Waals surface area contributed by atoms with Crippen molar-refractivity contribution in [1.82, 2.24) is 10.2 Å². The van der Waals surface area contributed by atoms with Gasteiger partial charge in [0.05, 0.1) is 25.9 Å². The molecule has 1 aromatic rings. The van der Waals surface area contributed by atoms with Crippen molar-refractivity contribution in [3.05, 3.63) is 34.9 Å². The smallest absolute Gasteiger partial charge is 0.130 e. The Morgan fingerprint density at radius 1 is 1.16 bits per heavy atom. The van der Waals surface area contributed by atoms with Crippen molar-refractivity contribution >= 4 is 6.08 Å². The molecule has 2 fully saturated rings. The second-order valence-electron chi connectivity index (χ2n) is 7.05. The lowest BCUT2D eigenvalue weighted by atomic mass is 9.99. The highest BCUT2D eigenvalue weighted by atomic mass is 16.5. The SMILES string of the molecule is C1=C(CN2CCOCC2)COc2c1cccc2CCC1CNCCO1. The number of morpholine rings is 2. The maximum Gasteiger partial charge on any atom is 0.130 e. The second kappa shape index (κ2) is 8.32. The van der Waals surface area contributed by atoms with Gasteiger partial charge in [0, 0.05) is 38.3 Å². The Bertz CT molecular complexity index is 605. The van der Waals surface area contributed by atoms with Gasteiger partial charge in [-0.25, -0.2) is 0 Å². The summed E-state index contributed by atoms with van der Waals surface area (Å²) in [5.41, 5.74) is 3.87. The van der Waals surface area contributed by atoms with E-state index in [1.807, 2.05) is 0 Å². The van der Waals surface area contributed by atoms with Gasteiger partial charge in [-0.05, 0) is 30.1 Å². The van der Waals surface area contributed by atoms with Crippen LogP contribution in [0.25, 0.3) is 6.08 Å². The van der Waals surface area contributed by atoms with Crippen LogP contribution in [0.1, 0.15) is 17.5 Å². The van der Waals surface area contributed by atoms with Crippen molar-refractivity contribution in [3.8, 4) is 5.75 Å². The van der Waals surface area contributed by atoms with Crippen molar-refractivity contribution in [3.63, 3.8) is 0 Å².